The largest absolute Gasteiger partial charge is 0.462 e. The quantitative estimate of drug-likeness (QED) is 0.391. The van der Waals surface area contributed by atoms with E-state index in [1.807, 2.05) is 0 Å². The number of esters is 1. The van der Waals surface area contributed by atoms with Gasteiger partial charge in [-0.15, -0.1) is 0 Å². The molecule has 1 saturated heterocycles. The van der Waals surface area contributed by atoms with Crippen LogP contribution < -0.4 is 0 Å². The van der Waals surface area contributed by atoms with Gasteiger partial charge in [-0.2, -0.15) is 0 Å². The van der Waals surface area contributed by atoms with Gasteiger partial charge >= 0.3 is 5.97 Å². The number of carbonyl (C=O) groups excluding carboxylic acids is 1. The van der Waals surface area contributed by atoms with E-state index in [0.29, 0.717) is 24.7 Å². The molecule has 3 nitrogen and oxygen atoms in total. The van der Waals surface area contributed by atoms with Gasteiger partial charge in [0.15, 0.2) is 0 Å². The van der Waals surface area contributed by atoms with Crippen molar-refractivity contribution in [3.8, 4) is 0 Å². The summed E-state index contributed by atoms with van der Waals surface area (Å²) in [7, 11) is 0. The summed E-state index contributed by atoms with van der Waals surface area (Å²) in [6.45, 7) is 3.89. The Morgan fingerprint density at radius 1 is 1.50 bits per heavy atom. The minimum Gasteiger partial charge on any atom is -0.462 e. The van der Waals surface area contributed by atoms with Gasteiger partial charge in [-0.25, -0.2) is 4.79 Å². The molecule has 0 aromatic heterocycles. The molecule has 2 aliphatic rings. The first-order valence-electron chi connectivity index (χ1n) is 5.24. The average molecular weight is 196 g/mol. The Labute approximate surface area is 84.1 Å². The first kappa shape index (κ1) is 9.71. The van der Waals surface area contributed by atoms with Crippen molar-refractivity contribution in [3.05, 3.63) is 12.7 Å². The lowest BCUT2D eigenvalue weighted by molar-refractivity contribution is -0.139. The van der Waals surface area contributed by atoms with Crippen molar-refractivity contribution in [1.29, 1.82) is 0 Å². The maximum atomic E-state index is 10.9. The average Bonchev–Trinajstić information content (AvgIpc) is 2.91. The van der Waals surface area contributed by atoms with E-state index in [1.54, 1.807) is 0 Å². The molecule has 2 fully saturated rings. The fourth-order valence-corrected chi connectivity index (χ4v) is 2.10. The summed E-state index contributed by atoms with van der Waals surface area (Å²) in [6.07, 6.45) is 6.75. The summed E-state index contributed by atoms with van der Waals surface area (Å²) >= 11 is 0. The van der Waals surface area contributed by atoms with E-state index < -0.39 is 0 Å². The molecule has 0 N–H and O–H groups in total. The van der Waals surface area contributed by atoms with Crippen LogP contribution in [0.4, 0.5) is 0 Å². The second-order valence-electron chi connectivity index (χ2n) is 4.08. The van der Waals surface area contributed by atoms with E-state index >= 15 is 0 Å². The van der Waals surface area contributed by atoms with Gasteiger partial charge in [0.25, 0.3) is 0 Å². The highest BCUT2D eigenvalue weighted by Gasteiger charge is 2.41. The van der Waals surface area contributed by atoms with Crippen LogP contribution >= 0.6 is 0 Å². The van der Waals surface area contributed by atoms with Gasteiger partial charge in [-0.1, -0.05) is 13.0 Å². The number of fused-ring (bicyclic) bond motifs is 1. The van der Waals surface area contributed by atoms with Gasteiger partial charge in [0, 0.05) is 6.08 Å². The zero-order valence-electron chi connectivity index (χ0n) is 8.28. The highest BCUT2D eigenvalue weighted by molar-refractivity contribution is 5.81. The highest BCUT2D eigenvalue weighted by Crippen LogP contribution is 2.37. The van der Waals surface area contributed by atoms with Crippen molar-refractivity contribution in [2.45, 2.75) is 37.9 Å². The number of rotatable bonds is 3. The SMILES string of the molecule is C=CC(=O)OCC1CCCC2OC2C1. The van der Waals surface area contributed by atoms with Crippen LogP contribution in [-0.2, 0) is 14.3 Å². The molecule has 1 saturated carbocycles. The number of hydrogen-bond donors (Lipinski definition) is 0. The fourth-order valence-electron chi connectivity index (χ4n) is 2.10. The van der Waals surface area contributed by atoms with Crippen LogP contribution in [0.1, 0.15) is 25.7 Å². The molecule has 0 spiro atoms. The molecule has 1 heterocycles. The number of hydrogen-bond acceptors (Lipinski definition) is 3. The second kappa shape index (κ2) is 4.13. The molecular weight excluding hydrogens is 180 g/mol. The Morgan fingerprint density at radius 3 is 3.14 bits per heavy atom. The topological polar surface area (TPSA) is 38.8 Å². The zero-order chi connectivity index (χ0) is 9.97. The highest BCUT2D eigenvalue weighted by atomic mass is 16.6. The van der Waals surface area contributed by atoms with E-state index in [-0.39, 0.29) is 5.97 Å². The molecule has 0 aromatic rings. The van der Waals surface area contributed by atoms with Crippen molar-refractivity contribution in [2.75, 3.05) is 6.61 Å². The number of ether oxygens (including phenoxy) is 2. The van der Waals surface area contributed by atoms with Gasteiger partial charge < -0.3 is 9.47 Å². The van der Waals surface area contributed by atoms with E-state index in [2.05, 4.69) is 6.58 Å². The summed E-state index contributed by atoms with van der Waals surface area (Å²) in [6, 6.07) is 0. The monoisotopic (exact) mass is 196 g/mol. The minimum atomic E-state index is -0.317. The van der Waals surface area contributed by atoms with Crippen LogP contribution in [0.25, 0.3) is 0 Å². The van der Waals surface area contributed by atoms with Gasteiger partial charge in [0.1, 0.15) is 0 Å². The minimum absolute atomic E-state index is 0.317. The second-order valence-corrected chi connectivity index (χ2v) is 4.08. The molecule has 0 aromatic carbocycles. The lowest BCUT2D eigenvalue weighted by Gasteiger charge is -2.13. The third-order valence-electron chi connectivity index (χ3n) is 2.98. The first-order valence-corrected chi connectivity index (χ1v) is 5.24. The van der Waals surface area contributed by atoms with Crippen LogP contribution in [0.15, 0.2) is 12.7 Å². The summed E-state index contributed by atoms with van der Waals surface area (Å²) in [5.41, 5.74) is 0. The molecule has 1 aliphatic heterocycles. The van der Waals surface area contributed by atoms with Crippen LogP contribution in [0.5, 0.6) is 0 Å². The van der Waals surface area contributed by atoms with Gasteiger partial charge in [-0.3, -0.25) is 0 Å². The van der Waals surface area contributed by atoms with E-state index in [9.17, 15) is 4.79 Å². The van der Waals surface area contributed by atoms with E-state index in [0.717, 1.165) is 12.8 Å². The summed E-state index contributed by atoms with van der Waals surface area (Å²) in [4.78, 5) is 10.9. The Balaban J connectivity index is 1.73. The molecule has 2 rings (SSSR count). The molecule has 0 amide bonds. The Bertz CT molecular complexity index is 237. The maximum absolute atomic E-state index is 10.9. The molecule has 1 aliphatic carbocycles. The zero-order valence-corrected chi connectivity index (χ0v) is 8.28. The third-order valence-corrected chi connectivity index (χ3v) is 2.98. The van der Waals surface area contributed by atoms with Gasteiger partial charge in [0.05, 0.1) is 18.8 Å². The molecule has 3 unspecified atom stereocenters. The third kappa shape index (κ3) is 2.35. The Hall–Kier alpha value is -0.830. The molecule has 0 bridgehead atoms. The lowest BCUT2D eigenvalue weighted by Crippen LogP contribution is -2.14. The van der Waals surface area contributed by atoms with E-state index in [1.165, 1.54) is 18.9 Å². The maximum Gasteiger partial charge on any atom is 0.330 e. The standard InChI is InChI=1S/C11H16O3/c1-2-11(12)13-7-8-4-3-5-9-10(6-8)14-9/h2,8-10H,1,3-7H2. The summed E-state index contributed by atoms with van der Waals surface area (Å²) in [5.74, 6) is 0.166. The van der Waals surface area contributed by atoms with Crippen LogP contribution in [0, 0.1) is 5.92 Å². The predicted molar refractivity (Wildman–Crippen MR) is 51.8 cm³/mol. The van der Waals surface area contributed by atoms with Crippen molar-refractivity contribution >= 4 is 5.97 Å². The van der Waals surface area contributed by atoms with Gasteiger partial charge in [0.2, 0.25) is 0 Å². The van der Waals surface area contributed by atoms with Crippen LogP contribution in [0.3, 0.4) is 0 Å². The first-order chi connectivity index (χ1) is 6.79. The van der Waals surface area contributed by atoms with E-state index in [4.69, 9.17) is 9.47 Å². The predicted octanol–water partition coefficient (Wildman–Crippen LogP) is 1.67. The molecule has 3 heteroatoms. The smallest absolute Gasteiger partial charge is 0.330 e. The molecule has 0 radical (unpaired) electrons. The van der Waals surface area contributed by atoms with Gasteiger partial charge in [-0.05, 0) is 25.2 Å². The number of epoxide rings is 1. The fraction of sp³-hybridized carbons (Fsp3) is 0.727. The summed E-state index contributed by atoms with van der Waals surface area (Å²) < 4.78 is 10.5. The summed E-state index contributed by atoms with van der Waals surface area (Å²) in [5, 5.41) is 0. The van der Waals surface area contributed by atoms with Crippen molar-refractivity contribution < 1.29 is 14.3 Å². The number of carbonyl (C=O) groups is 1. The Kier molecular flexibility index (Phi) is 2.87. The van der Waals surface area contributed by atoms with Crippen molar-refractivity contribution in [2.24, 2.45) is 5.92 Å². The molecular formula is C11H16O3. The molecule has 78 valence electrons. The molecule has 3 atom stereocenters. The lowest BCUT2D eigenvalue weighted by atomic mass is 10.0. The van der Waals surface area contributed by atoms with Crippen molar-refractivity contribution in [1.82, 2.24) is 0 Å². The normalized spacial score (nSPS) is 35.3. The van der Waals surface area contributed by atoms with Crippen LogP contribution in [-0.4, -0.2) is 24.8 Å². The van der Waals surface area contributed by atoms with Crippen LogP contribution in [0.2, 0.25) is 0 Å². The molecule has 14 heavy (non-hydrogen) atoms. The van der Waals surface area contributed by atoms with Crippen molar-refractivity contribution in [3.63, 3.8) is 0 Å². The Morgan fingerprint density at radius 2 is 2.36 bits per heavy atom.